The van der Waals surface area contributed by atoms with E-state index in [1.54, 1.807) is 11.4 Å². The van der Waals surface area contributed by atoms with Crippen LogP contribution in [0.3, 0.4) is 0 Å². The molecule has 9 nitrogen and oxygen atoms in total. The fourth-order valence-corrected chi connectivity index (χ4v) is 7.99. The van der Waals surface area contributed by atoms with Crippen LogP contribution in [0.15, 0.2) is 59.4 Å². The largest absolute Gasteiger partial charge is 0.389 e. The van der Waals surface area contributed by atoms with Gasteiger partial charge in [-0.2, -0.15) is 8.78 Å². The Morgan fingerprint density at radius 3 is 2.62 bits per heavy atom. The number of ketones is 1. The van der Waals surface area contributed by atoms with Crippen molar-refractivity contribution in [2.24, 2.45) is 17.0 Å². The predicted molar refractivity (Wildman–Crippen MR) is 153 cm³/mol. The molecule has 2 aliphatic carbocycles. The summed E-state index contributed by atoms with van der Waals surface area (Å²) >= 11 is 0. The maximum atomic E-state index is 16.3. The van der Waals surface area contributed by atoms with Gasteiger partial charge in [-0.3, -0.25) is 9.78 Å². The molecule has 1 spiro atoms. The van der Waals surface area contributed by atoms with Gasteiger partial charge >= 0.3 is 6.05 Å². The molecule has 3 heterocycles. The summed E-state index contributed by atoms with van der Waals surface area (Å²) < 4.78 is 64.0. The zero-order valence-electron chi connectivity index (χ0n) is 23.4. The molecule has 222 valence electrons. The number of allylic oxidation sites excluding steroid dienone is 1. The molecule has 1 aliphatic heterocycles. The summed E-state index contributed by atoms with van der Waals surface area (Å²) in [4.78, 5) is 18.6. The SMILES string of the molecule is CC(C)N(C1CCC2=Cc3c4n(n3-c3ccc(F)cc3)C(F)(F)c3ccnc(c3)C(=O)C2(C4)C1)S(=O)/C(N)=C/N(C)N. The number of alkyl halides is 2. The summed E-state index contributed by atoms with van der Waals surface area (Å²) in [6, 6.07) is 3.65. The van der Waals surface area contributed by atoms with Crippen LogP contribution in [-0.4, -0.2) is 52.8 Å². The summed E-state index contributed by atoms with van der Waals surface area (Å²) in [5, 5.41) is 1.29. The number of nitrogens with zero attached hydrogens (tertiary/aromatic N) is 5. The first-order chi connectivity index (χ1) is 19.8. The number of hydrazine groups is 1. The lowest BCUT2D eigenvalue weighted by atomic mass is 9.60. The van der Waals surface area contributed by atoms with E-state index in [4.69, 9.17) is 11.6 Å². The lowest BCUT2D eigenvalue weighted by molar-refractivity contribution is -0.0658. The monoisotopic (exact) mass is 599 g/mol. The van der Waals surface area contributed by atoms with E-state index in [9.17, 15) is 13.4 Å². The van der Waals surface area contributed by atoms with Crippen molar-refractivity contribution in [1.29, 1.82) is 0 Å². The maximum Gasteiger partial charge on any atom is 0.369 e. The molecule has 0 radical (unpaired) electrons. The van der Waals surface area contributed by atoms with Crippen LogP contribution in [0.25, 0.3) is 11.8 Å². The van der Waals surface area contributed by atoms with Gasteiger partial charge in [0.1, 0.15) is 27.5 Å². The van der Waals surface area contributed by atoms with Gasteiger partial charge in [0.2, 0.25) is 0 Å². The summed E-state index contributed by atoms with van der Waals surface area (Å²) in [6.07, 6.45) is 5.75. The van der Waals surface area contributed by atoms with Crippen molar-refractivity contribution in [3.05, 3.63) is 87.9 Å². The summed E-state index contributed by atoms with van der Waals surface area (Å²) in [5.41, 5.74) is 6.60. The standard InChI is InChI=1S/C29H32F3N7O2S/c1-17(2)38(42(41)26(33)16-36(3)34)22-7-4-18-13-24-25-15-28(18,14-22)27(40)23-12-19(10-11-35-23)29(31,32)39(25)37(24)21-8-5-20(30)6-9-21/h5-6,8-13,16-17,22H,4,7,14-15,33-34H2,1-3H3/b26-16+. The van der Waals surface area contributed by atoms with Crippen molar-refractivity contribution >= 4 is 22.8 Å². The third-order valence-corrected chi connectivity index (χ3v) is 10.0. The van der Waals surface area contributed by atoms with Crippen molar-refractivity contribution in [3.8, 4) is 5.69 Å². The van der Waals surface area contributed by atoms with E-state index in [0.29, 0.717) is 29.9 Å². The van der Waals surface area contributed by atoms with Gasteiger partial charge in [-0.25, -0.2) is 28.1 Å². The summed E-state index contributed by atoms with van der Waals surface area (Å²) in [5.74, 6) is 4.88. The highest BCUT2D eigenvalue weighted by Gasteiger charge is 2.55. The van der Waals surface area contributed by atoms with Crippen molar-refractivity contribution in [3.63, 3.8) is 0 Å². The lowest BCUT2D eigenvalue weighted by Gasteiger charge is -2.49. The smallest absolute Gasteiger partial charge is 0.369 e. The zero-order chi connectivity index (χ0) is 30.1. The Labute approximate surface area is 243 Å². The number of halogens is 3. The Balaban J connectivity index is 1.52. The number of Topliss-reactive ketones (excluding diaryl/α,β-unsaturated/α-hetero) is 1. The van der Waals surface area contributed by atoms with Gasteiger partial charge in [-0.15, -0.1) is 0 Å². The number of benzene rings is 1. The Bertz CT molecular complexity index is 1660. The first-order valence-corrected chi connectivity index (χ1v) is 14.8. The van der Waals surface area contributed by atoms with E-state index >= 15 is 8.78 Å². The highest BCUT2D eigenvalue weighted by molar-refractivity contribution is 7.86. The number of aromatic nitrogens is 3. The summed E-state index contributed by atoms with van der Waals surface area (Å²) in [7, 11) is -0.190. The second kappa shape index (κ2) is 9.96. The molecule has 0 amide bonds. The predicted octanol–water partition coefficient (Wildman–Crippen LogP) is 4.02. The van der Waals surface area contributed by atoms with Gasteiger partial charge in [-0.05, 0) is 75.6 Å². The third kappa shape index (κ3) is 4.24. The normalized spacial score (nSPS) is 23.6. The average Bonchev–Trinajstić information content (AvgIpc) is 2.94. The third-order valence-electron chi connectivity index (χ3n) is 8.41. The van der Waals surface area contributed by atoms with E-state index in [2.05, 4.69) is 4.98 Å². The van der Waals surface area contributed by atoms with Crippen molar-refractivity contribution < 1.29 is 22.2 Å². The number of rotatable bonds is 6. The van der Waals surface area contributed by atoms with Crippen molar-refractivity contribution in [2.45, 2.75) is 57.7 Å². The van der Waals surface area contributed by atoms with Gasteiger partial charge in [0.05, 0.1) is 22.5 Å². The molecule has 42 heavy (non-hydrogen) atoms. The minimum atomic E-state index is -3.52. The number of hydrogen-bond acceptors (Lipinski definition) is 6. The van der Waals surface area contributed by atoms with Crippen LogP contribution in [-0.2, 0) is 23.5 Å². The minimum Gasteiger partial charge on any atom is -0.389 e. The second-order valence-electron chi connectivity index (χ2n) is 11.5. The molecule has 2 aromatic heterocycles. The van der Waals surface area contributed by atoms with Crippen LogP contribution in [0.2, 0.25) is 0 Å². The Hall–Kier alpha value is -3.68. The molecule has 3 atom stereocenters. The highest BCUT2D eigenvalue weighted by atomic mass is 32.2. The molecule has 6 rings (SSSR count). The van der Waals surface area contributed by atoms with E-state index < -0.39 is 28.3 Å². The van der Waals surface area contributed by atoms with Crippen LogP contribution < -0.4 is 11.6 Å². The fourth-order valence-electron chi connectivity index (χ4n) is 6.66. The van der Waals surface area contributed by atoms with Crippen LogP contribution in [0.5, 0.6) is 0 Å². The quantitative estimate of drug-likeness (QED) is 0.327. The van der Waals surface area contributed by atoms with Crippen molar-refractivity contribution in [2.75, 3.05) is 7.05 Å². The van der Waals surface area contributed by atoms with E-state index in [1.807, 2.05) is 19.9 Å². The number of hydrogen-bond donors (Lipinski definition) is 2. The number of carbonyl (C=O) groups excluding carboxylic acids is 1. The van der Waals surface area contributed by atoms with Crippen LogP contribution in [0, 0.1) is 11.2 Å². The number of nitrogens with two attached hydrogens (primary N) is 2. The molecular weight excluding hydrogens is 567 g/mol. The Morgan fingerprint density at radius 2 is 1.95 bits per heavy atom. The summed E-state index contributed by atoms with van der Waals surface area (Å²) in [6.45, 7) is 3.79. The number of fused-ring (bicyclic) bond motifs is 2. The van der Waals surface area contributed by atoms with E-state index in [0.717, 1.165) is 16.3 Å². The molecule has 3 aliphatic rings. The molecule has 3 aromatic rings. The highest BCUT2D eigenvalue weighted by Crippen LogP contribution is 2.54. The van der Waals surface area contributed by atoms with Gasteiger partial charge in [0.25, 0.3) is 0 Å². The first-order valence-electron chi connectivity index (χ1n) is 13.7. The van der Waals surface area contributed by atoms with Crippen LogP contribution in [0.1, 0.15) is 60.5 Å². The fraction of sp³-hybridized carbons (Fsp3) is 0.379. The van der Waals surface area contributed by atoms with Crippen LogP contribution in [0.4, 0.5) is 13.2 Å². The second-order valence-corrected chi connectivity index (χ2v) is 12.8. The molecule has 4 bridgehead atoms. The lowest BCUT2D eigenvalue weighted by Crippen LogP contribution is -2.53. The Morgan fingerprint density at radius 1 is 1.24 bits per heavy atom. The molecule has 1 fully saturated rings. The van der Waals surface area contributed by atoms with E-state index in [1.165, 1.54) is 52.4 Å². The van der Waals surface area contributed by atoms with E-state index in [-0.39, 0.29) is 47.0 Å². The first kappa shape index (κ1) is 28.4. The zero-order valence-corrected chi connectivity index (χ0v) is 24.2. The topological polar surface area (TPSA) is 115 Å². The minimum absolute atomic E-state index is 0.0202. The number of carbonyl (C=O) groups is 1. The van der Waals surface area contributed by atoms with Crippen LogP contribution >= 0.6 is 0 Å². The molecule has 3 unspecified atom stereocenters. The molecule has 1 aromatic carbocycles. The van der Waals surface area contributed by atoms with Gasteiger partial charge < -0.3 is 10.7 Å². The number of pyridine rings is 1. The van der Waals surface area contributed by atoms with Gasteiger partial charge in [0.15, 0.2) is 5.78 Å². The Kier molecular flexibility index (Phi) is 6.74. The average molecular weight is 600 g/mol. The molecule has 13 heteroatoms. The van der Waals surface area contributed by atoms with Gasteiger partial charge in [-0.1, -0.05) is 5.57 Å². The molecular formula is C29H32F3N7O2S. The molecule has 4 N–H and O–H groups in total. The van der Waals surface area contributed by atoms with Gasteiger partial charge in [0, 0.05) is 43.5 Å². The molecule has 1 saturated carbocycles. The molecule has 0 saturated heterocycles. The maximum absolute atomic E-state index is 16.3. The van der Waals surface area contributed by atoms with Crippen molar-refractivity contribution in [1.82, 2.24) is 23.7 Å².